The quantitative estimate of drug-likeness (QED) is 0.0386. The molecule has 0 aromatic heterocycles. The second-order valence-electron chi connectivity index (χ2n) is 19.2. The van der Waals surface area contributed by atoms with Crippen LogP contribution in [-0.4, -0.2) is 17.5 Å². The molecular weight excluding hydrogens is 1010 g/mol. The zero-order valence-corrected chi connectivity index (χ0v) is 51.4. The lowest BCUT2D eigenvalue weighted by Crippen LogP contribution is -2.28. The summed E-state index contributed by atoms with van der Waals surface area (Å²) in [5.41, 5.74) is 16.8. The van der Waals surface area contributed by atoms with Gasteiger partial charge < -0.3 is 4.90 Å². The predicted molar refractivity (Wildman–Crippen MR) is 376 cm³/mol. The van der Waals surface area contributed by atoms with E-state index in [4.69, 9.17) is 4.99 Å². The molecule has 3 nitrogen and oxygen atoms in total. The van der Waals surface area contributed by atoms with Gasteiger partial charge in [0.25, 0.3) is 0 Å². The molecule has 0 saturated heterocycles. The summed E-state index contributed by atoms with van der Waals surface area (Å²) in [6, 6.07) is 46.8. The fourth-order valence-corrected chi connectivity index (χ4v) is 9.30. The summed E-state index contributed by atoms with van der Waals surface area (Å²) in [5.74, 6) is 0.795. The fraction of sp³-hybridized carbons (Fsp3) is 0.136. The van der Waals surface area contributed by atoms with Crippen molar-refractivity contribution in [2.75, 3.05) is 0 Å². The van der Waals surface area contributed by atoms with E-state index < -0.39 is 0 Å². The van der Waals surface area contributed by atoms with Gasteiger partial charge in [-0.3, -0.25) is 4.99 Å². The minimum Gasteiger partial charge on any atom is -0.301 e. The van der Waals surface area contributed by atoms with E-state index in [-0.39, 0.29) is 5.41 Å². The van der Waals surface area contributed by atoms with Gasteiger partial charge in [-0.15, -0.1) is 26.3 Å². The maximum atomic E-state index is 5.35. The van der Waals surface area contributed by atoms with E-state index in [1.165, 1.54) is 22.3 Å². The molecule has 6 rings (SSSR count). The Hall–Kier alpha value is -9.70. The number of allylic oxidation sites excluding steroid dienone is 24. The summed E-state index contributed by atoms with van der Waals surface area (Å²) in [7, 11) is 0. The van der Waals surface area contributed by atoms with Gasteiger partial charge in [0.2, 0.25) is 0 Å². The van der Waals surface area contributed by atoms with Gasteiger partial charge in [-0.25, -0.2) is 4.99 Å². The molecule has 1 aliphatic rings. The minimum atomic E-state index is -0.270. The van der Waals surface area contributed by atoms with Crippen LogP contribution in [0.5, 0.6) is 0 Å². The molecule has 1 atom stereocenters. The van der Waals surface area contributed by atoms with Crippen LogP contribution in [0.3, 0.4) is 0 Å². The molecule has 0 spiro atoms. The Morgan fingerprint density at radius 1 is 0.631 bits per heavy atom. The van der Waals surface area contributed by atoms with E-state index in [1.54, 1.807) is 0 Å². The Balaban J connectivity index is 0.00000108. The van der Waals surface area contributed by atoms with Crippen molar-refractivity contribution in [3.05, 3.63) is 392 Å². The molecule has 0 aliphatic carbocycles. The topological polar surface area (TPSA) is 28.0 Å². The van der Waals surface area contributed by atoms with E-state index in [9.17, 15) is 0 Å². The molecule has 0 saturated carbocycles. The summed E-state index contributed by atoms with van der Waals surface area (Å²) in [6.07, 6.45) is 49.3. The SMILES string of the molecule is C=C.C=C.C=CC(=C(\c1ccc(C2=NC(=C\C)/C=C\C=C/N2C(/C(C=C)=C/C=C\C)=C(\C)C/C=C\C=C/C)cc1)c1ccccc1/C=C\C=C\C)/C(C=C)=C/C=C/C(C)(Cc1ccccc1C)c1ccccc1.C=N/C(=C\C)c1ccccc1. The molecule has 0 bridgehead atoms. The molecule has 1 heterocycles. The Labute approximate surface area is 507 Å². The van der Waals surface area contributed by atoms with E-state index in [1.807, 2.05) is 126 Å². The highest BCUT2D eigenvalue weighted by Crippen LogP contribution is 2.37. The fourth-order valence-electron chi connectivity index (χ4n) is 9.30. The largest absolute Gasteiger partial charge is 0.301 e. The summed E-state index contributed by atoms with van der Waals surface area (Å²) in [4.78, 5) is 11.4. The molecule has 1 aliphatic heterocycles. The van der Waals surface area contributed by atoms with Gasteiger partial charge in [-0.2, -0.15) is 0 Å². The first-order valence-corrected chi connectivity index (χ1v) is 28.5. The summed E-state index contributed by atoms with van der Waals surface area (Å²) >= 11 is 0. The highest BCUT2D eigenvalue weighted by Gasteiger charge is 2.25. The number of hydrogen-bond acceptors (Lipinski definition) is 3. The van der Waals surface area contributed by atoms with Crippen LogP contribution >= 0.6 is 0 Å². The zero-order valence-electron chi connectivity index (χ0n) is 51.4. The van der Waals surface area contributed by atoms with Gasteiger partial charge in [0, 0.05) is 17.2 Å². The lowest BCUT2D eigenvalue weighted by Gasteiger charge is -2.29. The van der Waals surface area contributed by atoms with Crippen LogP contribution in [0.25, 0.3) is 17.3 Å². The second-order valence-corrected chi connectivity index (χ2v) is 19.2. The third-order valence-corrected chi connectivity index (χ3v) is 13.6. The summed E-state index contributed by atoms with van der Waals surface area (Å²) in [5, 5.41) is 0. The molecule has 5 aromatic carbocycles. The van der Waals surface area contributed by atoms with Crippen molar-refractivity contribution in [3.63, 3.8) is 0 Å². The zero-order chi connectivity index (χ0) is 61.5. The van der Waals surface area contributed by atoms with Crippen LogP contribution in [-0.2, 0) is 11.8 Å². The van der Waals surface area contributed by atoms with E-state index in [0.29, 0.717) is 0 Å². The summed E-state index contributed by atoms with van der Waals surface area (Å²) < 4.78 is 0. The Kier molecular flexibility index (Phi) is 31.7. The maximum Gasteiger partial charge on any atom is 0.145 e. The molecule has 1 unspecified atom stereocenters. The van der Waals surface area contributed by atoms with E-state index >= 15 is 0 Å². The van der Waals surface area contributed by atoms with Crippen LogP contribution in [0.15, 0.2) is 357 Å². The third kappa shape index (κ3) is 20.4. The Bertz CT molecular complexity index is 3410. The molecular formula is C81H89N3. The van der Waals surface area contributed by atoms with Crippen molar-refractivity contribution in [2.45, 2.75) is 73.6 Å². The average Bonchev–Trinajstić information content (AvgIpc) is 2.44. The van der Waals surface area contributed by atoms with Gasteiger partial charge >= 0.3 is 0 Å². The van der Waals surface area contributed by atoms with Crippen molar-refractivity contribution in [1.82, 2.24) is 4.90 Å². The third-order valence-electron chi connectivity index (χ3n) is 13.6. The maximum absolute atomic E-state index is 5.35. The van der Waals surface area contributed by atoms with Crippen LogP contribution in [0, 0.1) is 6.92 Å². The number of amidine groups is 1. The van der Waals surface area contributed by atoms with Crippen molar-refractivity contribution < 1.29 is 0 Å². The van der Waals surface area contributed by atoms with Gasteiger partial charge in [0.05, 0.1) is 17.1 Å². The van der Waals surface area contributed by atoms with Crippen molar-refractivity contribution in [3.8, 4) is 0 Å². The van der Waals surface area contributed by atoms with Crippen LogP contribution in [0.4, 0.5) is 0 Å². The number of aliphatic imine (C=N–C) groups is 2. The molecule has 428 valence electrons. The van der Waals surface area contributed by atoms with Crippen LogP contribution in [0.1, 0.15) is 99.4 Å². The number of benzene rings is 5. The van der Waals surface area contributed by atoms with Crippen molar-refractivity contribution >= 4 is 29.9 Å². The van der Waals surface area contributed by atoms with Gasteiger partial charge in [0.1, 0.15) is 5.84 Å². The van der Waals surface area contributed by atoms with Crippen molar-refractivity contribution in [2.24, 2.45) is 9.98 Å². The van der Waals surface area contributed by atoms with Gasteiger partial charge in [-0.1, -0.05) is 282 Å². The van der Waals surface area contributed by atoms with Crippen LogP contribution < -0.4 is 0 Å². The standard InChI is InChI=1S/C67H70N2.C10H11N.2C2H4/c1-11-18-21-24-35-53(9)65(55(15-5)36-20-13-3)69-50-32-31-43-61(16-6)68-66(69)58-47-45-57(46-48-58)64(63-44-30-29-38-56(63)37-23-19-12-2)62(17-7)54(14-4)40-33-49-67(10,60-41-25-22-26-42-60)51-59-39-28-27-34-52(59)8;1-3-10(11-2)9-7-5-4-6-8-9;2*1-2/h11-34,36-50H,4-5,7,35,51H2,1-3,6,8-10H3;3-8H,2H2,1H3;2*1-2H2/b18-11-,19-12+,20-13-,24-21-,37-23-,43-31-,49-33+,50-32-,54-40+,55-36+,61-16-,64-62-,65-53+,68-66?;10-3-;;. The highest BCUT2D eigenvalue weighted by atomic mass is 15.2. The number of nitrogens with zero attached hydrogens (tertiary/aromatic N) is 3. The molecule has 5 aromatic rings. The molecule has 3 heteroatoms. The van der Waals surface area contributed by atoms with E-state index in [2.05, 4.69) is 266 Å². The average molecular weight is 1100 g/mol. The molecule has 0 fully saturated rings. The Morgan fingerprint density at radius 3 is 1.85 bits per heavy atom. The first-order chi connectivity index (χ1) is 41.0. The van der Waals surface area contributed by atoms with Gasteiger partial charge in [-0.05, 0) is 147 Å². The lowest BCUT2D eigenvalue weighted by molar-refractivity contribution is 0.589. The van der Waals surface area contributed by atoms with Crippen LogP contribution in [0.2, 0.25) is 0 Å². The molecule has 84 heavy (non-hydrogen) atoms. The highest BCUT2D eigenvalue weighted by molar-refractivity contribution is 6.02. The van der Waals surface area contributed by atoms with Gasteiger partial charge in [0.15, 0.2) is 0 Å². The first-order valence-electron chi connectivity index (χ1n) is 28.5. The molecule has 0 amide bonds. The van der Waals surface area contributed by atoms with E-state index in [0.717, 1.165) is 85.9 Å². The monoisotopic (exact) mass is 1100 g/mol. The molecule has 0 radical (unpaired) electrons. The number of hydrogen-bond donors (Lipinski definition) is 0. The normalized spacial score (nSPS) is 15.6. The molecule has 0 N–H and O–H groups in total. The summed E-state index contributed by atoms with van der Waals surface area (Å²) in [6.45, 7) is 45.4. The number of rotatable bonds is 22. The Morgan fingerprint density at radius 2 is 1.24 bits per heavy atom. The smallest absolute Gasteiger partial charge is 0.145 e. The lowest BCUT2D eigenvalue weighted by atomic mass is 9.76. The number of aryl methyl sites for hydroxylation is 1. The van der Waals surface area contributed by atoms with Crippen molar-refractivity contribution in [1.29, 1.82) is 0 Å². The first kappa shape index (κ1) is 68.6. The predicted octanol–water partition coefficient (Wildman–Crippen LogP) is 22.3. The minimum absolute atomic E-state index is 0.270. The second kappa shape index (κ2) is 38.9.